The van der Waals surface area contributed by atoms with E-state index in [1.165, 1.54) is 154 Å². The Hall–Kier alpha value is -0.790. The smallest absolute Gasteiger partial charge is 1.00 e. The number of phosphoric ester groups is 2. The van der Waals surface area contributed by atoms with Gasteiger partial charge in [0, 0.05) is 51.2 Å². The molecule has 0 aromatic rings. The van der Waals surface area contributed by atoms with Crippen LogP contribution in [0.4, 0.5) is 4.79 Å². The molecule has 10 N–H and O–H groups in total. The Kier molecular flexibility index (Phi) is 85.8. The zero-order valence-corrected chi connectivity index (χ0v) is 77.4. The average Bonchev–Trinajstić information content (AvgIpc) is 0.881. The molecule has 0 aromatic heterocycles. The van der Waals surface area contributed by atoms with Gasteiger partial charge in [-0.25, -0.2) is 13.9 Å². The average molecular weight is 1630 g/mol. The molecular formula is C83H168N6Na2O17P2. The van der Waals surface area contributed by atoms with Gasteiger partial charge in [-0.1, -0.05) is 337 Å². The summed E-state index contributed by atoms with van der Waals surface area (Å²) < 4.78 is 59.6. The molecule has 0 rings (SSSR count). The first kappa shape index (κ1) is 113. The second-order valence-electron chi connectivity index (χ2n) is 30.6. The summed E-state index contributed by atoms with van der Waals surface area (Å²) in [6.45, 7) is 10.9. The van der Waals surface area contributed by atoms with E-state index in [1.807, 2.05) is 0 Å². The van der Waals surface area contributed by atoms with Crippen molar-refractivity contribution in [3.63, 3.8) is 0 Å². The van der Waals surface area contributed by atoms with Crippen LogP contribution in [0, 0.1) is 0 Å². The van der Waals surface area contributed by atoms with E-state index in [4.69, 9.17) is 27.6 Å². The number of unbranched alkanes of at least 4 members (excludes halogenated alkanes) is 42. The van der Waals surface area contributed by atoms with Gasteiger partial charge >= 0.3 is 80.8 Å². The molecule has 0 radical (unpaired) electrons. The number of amides is 6. The number of carbonyl (C=O) groups is 5. The van der Waals surface area contributed by atoms with Gasteiger partial charge in [0.2, 0.25) is 23.6 Å². The molecule has 0 aliphatic carbocycles. The normalized spacial score (nSPS) is 14.2. The molecule has 4 unspecified atom stereocenters. The zero-order valence-electron chi connectivity index (χ0n) is 73.6. The third-order valence-electron chi connectivity index (χ3n) is 20.0. The topological polar surface area (TPSA) is 328 Å². The van der Waals surface area contributed by atoms with Gasteiger partial charge < -0.3 is 64.2 Å². The quantitative estimate of drug-likeness (QED) is 0.0154. The van der Waals surface area contributed by atoms with E-state index in [-0.39, 0.29) is 138 Å². The van der Waals surface area contributed by atoms with Crippen molar-refractivity contribution in [2.75, 3.05) is 65.9 Å². The number of carbonyl (C=O) groups excluding carboxylic acids is 5. The van der Waals surface area contributed by atoms with E-state index >= 15 is 0 Å². The van der Waals surface area contributed by atoms with Crippen molar-refractivity contribution in [1.82, 2.24) is 31.9 Å². The van der Waals surface area contributed by atoms with Crippen LogP contribution in [-0.4, -0.2) is 152 Å². The minimum Gasteiger partial charge on any atom is -1.00 e. The second kappa shape index (κ2) is 83.3. The van der Waals surface area contributed by atoms with Crippen molar-refractivity contribution in [2.45, 2.75) is 437 Å². The first-order valence-corrected chi connectivity index (χ1v) is 47.3. The van der Waals surface area contributed by atoms with E-state index in [1.54, 1.807) is 0 Å². The Morgan fingerprint density at radius 2 is 0.545 bits per heavy atom. The molecular weight excluding hydrogens is 1460 g/mol. The Morgan fingerprint density at radius 3 is 0.818 bits per heavy atom. The Morgan fingerprint density at radius 1 is 0.300 bits per heavy atom. The fourth-order valence-corrected chi connectivity index (χ4v) is 14.7. The first-order valence-electron chi connectivity index (χ1n) is 44.3. The predicted molar refractivity (Wildman–Crippen MR) is 441 cm³/mol. The summed E-state index contributed by atoms with van der Waals surface area (Å²) in [4.78, 5) is 87.3. The van der Waals surface area contributed by atoms with Crippen LogP contribution < -0.4 is 91.0 Å². The van der Waals surface area contributed by atoms with E-state index in [9.17, 15) is 53.1 Å². The van der Waals surface area contributed by atoms with Gasteiger partial charge in [-0.05, 0) is 51.4 Å². The number of hydrogen-bond donors (Lipinski definition) is 10. The molecule has 110 heavy (non-hydrogen) atoms. The molecule has 0 aliphatic rings. The number of ether oxygens (including phenoxy) is 2. The van der Waals surface area contributed by atoms with Crippen LogP contribution in [0.15, 0.2) is 0 Å². The van der Waals surface area contributed by atoms with Crippen molar-refractivity contribution < 1.29 is 143 Å². The molecule has 0 bridgehead atoms. The van der Waals surface area contributed by atoms with Crippen molar-refractivity contribution in [3.05, 3.63) is 0 Å². The Balaban J connectivity index is -0.00000954. The van der Waals surface area contributed by atoms with Crippen LogP contribution in [0.5, 0.6) is 0 Å². The number of hydrogen-bond acceptors (Lipinski definition) is 15. The monoisotopic (exact) mass is 1630 g/mol. The molecule has 0 heterocycles. The van der Waals surface area contributed by atoms with Crippen LogP contribution in [0.2, 0.25) is 0 Å². The summed E-state index contributed by atoms with van der Waals surface area (Å²) in [7, 11) is -9.57. The van der Waals surface area contributed by atoms with Crippen LogP contribution in [-0.2, 0) is 55.9 Å². The van der Waals surface area contributed by atoms with Crippen molar-refractivity contribution in [3.8, 4) is 0 Å². The van der Waals surface area contributed by atoms with Gasteiger partial charge in [-0.3, -0.25) is 37.3 Å². The molecule has 0 saturated heterocycles. The number of urea groups is 1. The molecule has 0 saturated carbocycles. The van der Waals surface area contributed by atoms with Crippen molar-refractivity contribution in [1.29, 1.82) is 0 Å². The maximum atomic E-state index is 13.4. The number of aliphatic hydroxyl groups is 2. The van der Waals surface area contributed by atoms with Gasteiger partial charge in [-0.2, -0.15) is 0 Å². The van der Waals surface area contributed by atoms with Crippen LogP contribution in [0.25, 0.3) is 0 Å². The fraction of sp³-hybridized carbons (Fsp3) is 0.940. The van der Waals surface area contributed by atoms with E-state index < -0.39 is 84.2 Å². The van der Waals surface area contributed by atoms with Gasteiger partial charge in [0.05, 0.1) is 51.7 Å². The van der Waals surface area contributed by atoms with Gasteiger partial charge in [-0.15, -0.1) is 0 Å². The van der Waals surface area contributed by atoms with E-state index in [2.05, 4.69) is 73.4 Å². The fourth-order valence-electron chi connectivity index (χ4n) is 13.2. The van der Waals surface area contributed by atoms with E-state index in [0.29, 0.717) is 38.5 Å². The maximum Gasteiger partial charge on any atom is 1.00 e. The van der Waals surface area contributed by atoms with Crippen LogP contribution >= 0.6 is 15.6 Å². The summed E-state index contributed by atoms with van der Waals surface area (Å²) in [5.74, 6) is -1.28. The van der Waals surface area contributed by atoms with Crippen molar-refractivity contribution >= 4 is 45.3 Å². The minimum atomic E-state index is -4.78. The minimum absolute atomic E-state index is 0. The number of nitrogens with one attached hydrogen (secondary N) is 6. The van der Waals surface area contributed by atoms with E-state index in [0.717, 1.165) is 154 Å². The third kappa shape index (κ3) is 77.1. The summed E-state index contributed by atoms with van der Waals surface area (Å²) in [5, 5.41) is 38.7. The number of aliphatic hydroxyl groups excluding tert-OH is 2. The Labute approximate surface area is 718 Å². The summed E-state index contributed by atoms with van der Waals surface area (Å²) in [5.41, 5.74) is 0. The maximum absolute atomic E-state index is 13.4. The summed E-state index contributed by atoms with van der Waals surface area (Å²) in [6.07, 6.45) is 55.3. The summed E-state index contributed by atoms with van der Waals surface area (Å²) in [6, 6.07) is -2.92. The number of rotatable bonds is 84. The van der Waals surface area contributed by atoms with Crippen LogP contribution in [0.1, 0.15) is 404 Å². The largest absolute Gasteiger partial charge is 1.00 e. The molecule has 8 atom stereocenters. The molecule has 27 heteroatoms. The zero-order chi connectivity index (χ0) is 79.5. The van der Waals surface area contributed by atoms with Crippen LogP contribution in [0.3, 0.4) is 0 Å². The number of phosphoric acid groups is 2. The molecule has 23 nitrogen and oxygen atoms in total. The predicted octanol–water partition coefficient (Wildman–Crippen LogP) is 13.4. The second-order valence-corrected chi connectivity index (χ2v) is 33.5. The van der Waals surface area contributed by atoms with Gasteiger partial charge in [0.25, 0.3) is 0 Å². The molecule has 0 spiro atoms. The molecule has 644 valence electrons. The summed E-state index contributed by atoms with van der Waals surface area (Å²) >= 11 is 0. The molecule has 0 fully saturated rings. The van der Waals surface area contributed by atoms with Gasteiger partial charge in [0.15, 0.2) is 0 Å². The molecule has 0 aliphatic heterocycles. The Bertz CT molecular complexity index is 2070. The standard InChI is InChI=1S/C83H166N6O17P2.2Na.2H/c1-7-13-19-25-29-33-37-39-45-51-57-77(90)81(94)88-75(69-101-65-61-73(55-49-43-23-17-11-5)86-79(92)59-53-47-41-35-31-27-21-15-9-3)71-105-107(97,98)103-67-63-84-83(96)85-64-68-104-108(99,100)106-72-76(89-82(95)78(91)58-52-46-40-38-34-30-26-20-14-8-2)70-102-66-62-74(56-50-44-24-18-12-6)87-80(93)60-54-48-42-36-32-28-22-16-10-4;;;;/h73-78,90-91H,7-72H2,1-6H3,(H,86,92)(H,87,93)(H,88,94)(H,89,95)(H,97,98)(H,99,100)(H2,84,85,96);;;;/q;2*+1;2*-1/t73-,74-,75-,76-,77?,78?;;;;/m1..../s1. The SMILES string of the molecule is CCCCCCCCCCCCC(O)C(=O)N[C@H](COCC[C@@H](CCCCCCC)NC(=O)CCCCCCCCCCC)COP(=O)(O)OCCNC(=O)NCCOP(=O)(O)OC[C@@H](COCC[C@@H](CCCCCCC)NC(=O)CCCCCCCCCCC)NC(=O)C(O)CCCCCCCCCCCC.[H-].[H-].[Na+].[Na+]. The van der Waals surface area contributed by atoms with Gasteiger partial charge in [0.1, 0.15) is 12.2 Å². The molecule has 0 aromatic carbocycles. The van der Waals surface area contributed by atoms with Crippen molar-refractivity contribution in [2.24, 2.45) is 0 Å². The first-order chi connectivity index (χ1) is 52.3. The third-order valence-corrected chi connectivity index (χ3v) is 22.0. The molecule has 6 amide bonds.